The van der Waals surface area contributed by atoms with Gasteiger partial charge in [-0.05, 0) is 33.1 Å². The Labute approximate surface area is 132 Å². The zero-order valence-electron chi connectivity index (χ0n) is 13.4. The van der Waals surface area contributed by atoms with E-state index in [1.165, 1.54) is 5.56 Å². The van der Waals surface area contributed by atoms with Crippen molar-refractivity contribution in [1.82, 2.24) is 5.01 Å². The lowest BCUT2D eigenvalue weighted by atomic mass is 9.86. The smallest absolute Gasteiger partial charge is 0.164 e. The SMILES string of the molecule is CC1=NN(C(=S)c2ccc(C)cc2)[C@](C)(O)[C@@H]1CC(C)C. The summed E-state index contributed by atoms with van der Waals surface area (Å²) in [6.07, 6.45) is 0.898. The minimum absolute atomic E-state index is 0.0147. The molecule has 114 valence electrons. The van der Waals surface area contributed by atoms with Crippen molar-refractivity contribution in [3.8, 4) is 0 Å². The molecule has 0 aromatic heterocycles. The van der Waals surface area contributed by atoms with E-state index in [9.17, 15) is 5.11 Å². The van der Waals surface area contributed by atoms with Crippen LogP contribution in [-0.4, -0.2) is 26.5 Å². The second-order valence-electron chi connectivity index (χ2n) is 6.50. The van der Waals surface area contributed by atoms with Crippen molar-refractivity contribution in [3.05, 3.63) is 35.4 Å². The lowest BCUT2D eigenvalue weighted by Crippen LogP contribution is -2.48. The molecule has 0 unspecified atom stereocenters. The summed E-state index contributed by atoms with van der Waals surface area (Å²) < 4.78 is 0. The van der Waals surface area contributed by atoms with Crippen LogP contribution >= 0.6 is 12.2 Å². The van der Waals surface area contributed by atoms with E-state index in [4.69, 9.17) is 12.2 Å². The summed E-state index contributed by atoms with van der Waals surface area (Å²) in [5.74, 6) is 0.514. The zero-order valence-corrected chi connectivity index (χ0v) is 14.2. The van der Waals surface area contributed by atoms with E-state index in [1.807, 2.05) is 38.1 Å². The monoisotopic (exact) mass is 304 g/mol. The normalized spacial score (nSPS) is 25.4. The Hall–Kier alpha value is -1.26. The maximum atomic E-state index is 10.9. The van der Waals surface area contributed by atoms with Crippen LogP contribution in [0.15, 0.2) is 29.4 Å². The molecule has 0 amide bonds. The standard InChI is InChI=1S/C17H24N2OS/c1-11(2)10-15-13(4)18-19(17(15,5)20)16(21)14-8-6-12(3)7-9-14/h6-9,11,15,20H,10H2,1-5H3/t15-,17-/m1/s1. The highest BCUT2D eigenvalue weighted by Crippen LogP contribution is 2.36. The predicted octanol–water partition coefficient (Wildman–Crippen LogP) is 3.73. The van der Waals surface area contributed by atoms with Crippen molar-refractivity contribution in [3.63, 3.8) is 0 Å². The summed E-state index contributed by atoms with van der Waals surface area (Å²) in [5, 5.41) is 17.1. The van der Waals surface area contributed by atoms with Gasteiger partial charge in [-0.15, -0.1) is 0 Å². The molecule has 0 spiro atoms. The van der Waals surface area contributed by atoms with Gasteiger partial charge >= 0.3 is 0 Å². The molecular weight excluding hydrogens is 280 g/mol. The molecule has 0 bridgehead atoms. The highest BCUT2D eigenvalue weighted by Gasteiger charge is 2.46. The minimum atomic E-state index is -1.06. The van der Waals surface area contributed by atoms with Gasteiger partial charge in [0, 0.05) is 17.2 Å². The number of hydrazone groups is 1. The third kappa shape index (κ3) is 3.16. The molecule has 4 heteroatoms. The molecule has 3 nitrogen and oxygen atoms in total. The van der Waals surface area contributed by atoms with Gasteiger partial charge in [-0.25, -0.2) is 5.01 Å². The van der Waals surface area contributed by atoms with Crippen LogP contribution in [0.2, 0.25) is 0 Å². The van der Waals surface area contributed by atoms with Crippen LogP contribution in [0.5, 0.6) is 0 Å². The fourth-order valence-electron chi connectivity index (χ4n) is 2.81. The van der Waals surface area contributed by atoms with Gasteiger partial charge in [0.15, 0.2) is 5.72 Å². The van der Waals surface area contributed by atoms with Crippen molar-refractivity contribution in [2.24, 2.45) is 16.9 Å². The number of aliphatic hydroxyl groups is 1. The van der Waals surface area contributed by atoms with Crippen molar-refractivity contribution in [1.29, 1.82) is 0 Å². The molecule has 0 saturated heterocycles. The average Bonchev–Trinajstić information content (AvgIpc) is 2.62. The molecule has 1 heterocycles. The molecule has 0 fully saturated rings. The summed E-state index contributed by atoms with van der Waals surface area (Å²) in [6, 6.07) is 8.01. The molecule has 1 N–H and O–H groups in total. The van der Waals surface area contributed by atoms with Crippen LogP contribution in [0.4, 0.5) is 0 Å². The number of hydrogen-bond donors (Lipinski definition) is 1. The van der Waals surface area contributed by atoms with Gasteiger partial charge in [0.25, 0.3) is 0 Å². The van der Waals surface area contributed by atoms with E-state index >= 15 is 0 Å². The highest BCUT2D eigenvalue weighted by molar-refractivity contribution is 7.80. The van der Waals surface area contributed by atoms with Gasteiger partial charge < -0.3 is 5.11 Å². The molecule has 1 aromatic rings. The minimum Gasteiger partial charge on any atom is -0.369 e. The Morgan fingerprint density at radius 3 is 2.43 bits per heavy atom. The van der Waals surface area contributed by atoms with Crippen LogP contribution in [0.3, 0.4) is 0 Å². The fraction of sp³-hybridized carbons (Fsp3) is 0.529. The van der Waals surface area contributed by atoms with Crippen molar-refractivity contribution >= 4 is 22.9 Å². The second kappa shape index (κ2) is 5.85. The number of hydrogen-bond acceptors (Lipinski definition) is 3. The highest BCUT2D eigenvalue weighted by atomic mass is 32.1. The van der Waals surface area contributed by atoms with E-state index in [0.29, 0.717) is 10.9 Å². The Balaban J connectivity index is 2.28. The number of thiocarbonyl (C=S) groups is 1. The first-order chi connectivity index (χ1) is 9.73. The molecule has 1 aliphatic rings. The number of nitrogens with zero attached hydrogens (tertiary/aromatic N) is 2. The molecule has 1 aromatic carbocycles. The van der Waals surface area contributed by atoms with Crippen LogP contribution in [0, 0.1) is 18.8 Å². The molecule has 0 aliphatic carbocycles. The summed E-state index contributed by atoms with van der Waals surface area (Å²) >= 11 is 5.55. The first kappa shape index (κ1) is 16.1. The Bertz CT molecular complexity index is 561. The van der Waals surface area contributed by atoms with Crippen LogP contribution in [0.1, 0.15) is 45.2 Å². The summed E-state index contributed by atoms with van der Waals surface area (Å²) in [4.78, 5) is 0.575. The van der Waals surface area contributed by atoms with Crippen LogP contribution in [0.25, 0.3) is 0 Å². The van der Waals surface area contributed by atoms with Gasteiger partial charge in [-0.1, -0.05) is 55.9 Å². The summed E-state index contributed by atoms with van der Waals surface area (Å²) in [5.41, 5.74) is 1.99. The molecular formula is C17H24N2OS. The predicted molar refractivity (Wildman–Crippen MR) is 91.4 cm³/mol. The quantitative estimate of drug-likeness (QED) is 0.864. The topological polar surface area (TPSA) is 35.8 Å². The molecule has 21 heavy (non-hydrogen) atoms. The van der Waals surface area contributed by atoms with Crippen molar-refractivity contribution in [2.45, 2.75) is 46.8 Å². The Kier molecular flexibility index (Phi) is 4.49. The third-order valence-corrected chi connectivity index (χ3v) is 4.46. The van der Waals surface area contributed by atoms with E-state index in [1.54, 1.807) is 11.9 Å². The van der Waals surface area contributed by atoms with Gasteiger partial charge in [-0.3, -0.25) is 0 Å². The molecule has 2 rings (SSSR count). The van der Waals surface area contributed by atoms with Crippen molar-refractivity contribution < 1.29 is 5.11 Å². The number of benzene rings is 1. The van der Waals surface area contributed by atoms with Gasteiger partial charge in [0.2, 0.25) is 0 Å². The zero-order chi connectivity index (χ0) is 15.8. The fourth-order valence-corrected chi connectivity index (χ4v) is 3.17. The Morgan fingerprint density at radius 1 is 1.33 bits per heavy atom. The lowest BCUT2D eigenvalue weighted by molar-refractivity contribution is -0.0681. The third-order valence-electron chi connectivity index (χ3n) is 4.05. The first-order valence-corrected chi connectivity index (χ1v) is 7.83. The summed E-state index contributed by atoms with van der Waals surface area (Å²) in [7, 11) is 0. The molecule has 0 saturated carbocycles. The number of aryl methyl sites for hydroxylation is 1. The summed E-state index contributed by atoms with van der Waals surface area (Å²) in [6.45, 7) is 10.1. The van der Waals surface area contributed by atoms with Crippen LogP contribution in [-0.2, 0) is 0 Å². The largest absolute Gasteiger partial charge is 0.369 e. The van der Waals surface area contributed by atoms with Gasteiger partial charge in [0.1, 0.15) is 4.99 Å². The van der Waals surface area contributed by atoms with E-state index in [2.05, 4.69) is 18.9 Å². The maximum absolute atomic E-state index is 10.9. The second-order valence-corrected chi connectivity index (χ2v) is 6.89. The molecule has 2 atom stereocenters. The molecule has 1 aliphatic heterocycles. The number of rotatable bonds is 3. The van der Waals surface area contributed by atoms with Gasteiger partial charge in [0.05, 0.1) is 0 Å². The van der Waals surface area contributed by atoms with Crippen molar-refractivity contribution in [2.75, 3.05) is 0 Å². The molecule has 0 radical (unpaired) electrons. The van der Waals surface area contributed by atoms with Gasteiger partial charge in [-0.2, -0.15) is 5.10 Å². The van der Waals surface area contributed by atoms with Crippen LogP contribution < -0.4 is 0 Å². The lowest BCUT2D eigenvalue weighted by Gasteiger charge is -2.34. The van der Waals surface area contributed by atoms with E-state index < -0.39 is 5.72 Å². The van der Waals surface area contributed by atoms with E-state index in [-0.39, 0.29) is 5.92 Å². The van der Waals surface area contributed by atoms with E-state index in [0.717, 1.165) is 17.7 Å². The average molecular weight is 304 g/mol. The maximum Gasteiger partial charge on any atom is 0.164 e. The first-order valence-electron chi connectivity index (χ1n) is 7.42. The Morgan fingerprint density at radius 2 is 1.90 bits per heavy atom.